The number of oxazole rings is 1. The molecule has 11 nitrogen and oxygen atoms in total. The number of rotatable bonds is 12. The van der Waals surface area contributed by atoms with Crippen LogP contribution in [0, 0.1) is 11.3 Å². The van der Waals surface area contributed by atoms with Crippen LogP contribution >= 0.6 is 22.9 Å². The zero-order valence-electron chi connectivity index (χ0n) is 26.2. The number of anilines is 2. The molecule has 49 heavy (non-hydrogen) atoms. The smallest absolute Gasteiger partial charge is 0.374 e. The quantitative estimate of drug-likeness (QED) is 0.107. The maximum absolute atomic E-state index is 11.4. The summed E-state index contributed by atoms with van der Waals surface area (Å²) in [6.07, 6.45) is 5.42. The van der Waals surface area contributed by atoms with Crippen molar-refractivity contribution in [1.29, 1.82) is 5.26 Å². The van der Waals surface area contributed by atoms with Crippen LogP contribution in [-0.4, -0.2) is 50.5 Å². The van der Waals surface area contributed by atoms with Crippen LogP contribution in [0.2, 0.25) is 5.02 Å². The third-order valence-electron chi connectivity index (χ3n) is 8.19. The predicted octanol–water partition coefficient (Wildman–Crippen LogP) is 6.20. The van der Waals surface area contributed by atoms with E-state index >= 15 is 0 Å². The summed E-state index contributed by atoms with van der Waals surface area (Å²) in [5.41, 5.74) is 4.95. The van der Waals surface area contributed by atoms with Gasteiger partial charge in [-0.15, -0.1) is 11.3 Å². The summed E-state index contributed by atoms with van der Waals surface area (Å²) in [4.78, 5) is 3.80. The molecule has 0 bridgehead atoms. The summed E-state index contributed by atoms with van der Waals surface area (Å²) in [5, 5.41) is 13.1. The highest BCUT2D eigenvalue weighted by Gasteiger charge is 2.31. The largest absolute Gasteiger partial charge is 0.748 e. The molecule has 0 saturated carbocycles. The van der Waals surface area contributed by atoms with E-state index in [1.165, 1.54) is 0 Å². The van der Waals surface area contributed by atoms with Gasteiger partial charge in [-0.1, -0.05) is 35.9 Å². The number of hydrogen-bond acceptors (Lipinski definition) is 11. The molecule has 5 aromatic rings. The highest BCUT2D eigenvalue weighted by atomic mass is 35.5. The van der Waals surface area contributed by atoms with E-state index in [9.17, 15) is 31.2 Å². The number of nitrogens with zero attached hydrogens (tertiary/aromatic N) is 4. The molecule has 1 aliphatic rings. The Morgan fingerprint density at radius 2 is 1.73 bits per heavy atom. The van der Waals surface area contributed by atoms with Gasteiger partial charge in [0.2, 0.25) is 5.58 Å². The van der Waals surface area contributed by atoms with E-state index in [-0.39, 0.29) is 36.5 Å². The summed E-state index contributed by atoms with van der Waals surface area (Å²) in [6, 6.07) is 19.3. The molecule has 0 amide bonds. The number of benzene rings is 3. The van der Waals surface area contributed by atoms with E-state index in [2.05, 4.69) is 23.6 Å². The first-order valence-corrected chi connectivity index (χ1v) is 19.8. The van der Waals surface area contributed by atoms with Gasteiger partial charge in [0.25, 0.3) is 5.52 Å². The number of aromatic nitrogens is 1. The average molecular weight is 738 g/mol. The SMILES string of the molecule is CCN1/C(=C\C=C\c2oc3ccc(-c4csc5ccccc45)cc3[n+]2CCCS(=O)(=O)[O-])N(CCCS(=O)(=O)[O-])c2cc(C#N)c(Cl)cc21. The Labute approximate surface area is 293 Å². The van der Waals surface area contributed by atoms with Crippen molar-refractivity contribution in [3.05, 3.63) is 94.4 Å². The average Bonchev–Trinajstić information content (AvgIpc) is 3.71. The fourth-order valence-electron chi connectivity index (χ4n) is 6.05. The zero-order valence-corrected chi connectivity index (χ0v) is 29.4. The second kappa shape index (κ2) is 13.9. The Kier molecular flexibility index (Phi) is 9.86. The second-order valence-corrected chi connectivity index (χ2v) is 15.7. The molecule has 3 aromatic carbocycles. The van der Waals surface area contributed by atoms with Crippen molar-refractivity contribution in [2.45, 2.75) is 26.3 Å². The lowest BCUT2D eigenvalue weighted by atomic mass is 10.0. The first-order chi connectivity index (χ1) is 23.4. The standard InChI is InChI=1S/C34H31ClN4O7S3/c1-2-37-29-20-27(35)24(21-36)19-28(29)38(14-6-16-48(40,41)42)33(37)10-5-11-34-39(15-7-17-49(43,44)45)30-18-23(12-13-31(30)46-34)26-22-47-32-9-4-3-8-25(26)32/h3-5,8-13,18-20,22H,2,6-7,14-17H2,1H3,(H-,40,41,42,43,44,45)/p-1. The van der Waals surface area contributed by atoms with Crippen molar-refractivity contribution < 1.29 is 34.9 Å². The molecular formula is C34H30ClN4O7S3-. The molecule has 3 heterocycles. The minimum Gasteiger partial charge on any atom is -0.748 e. The third-order valence-corrected chi connectivity index (χ3v) is 11.0. The van der Waals surface area contributed by atoms with Gasteiger partial charge >= 0.3 is 5.89 Å². The van der Waals surface area contributed by atoms with Gasteiger partial charge < -0.3 is 23.3 Å². The normalized spacial score (nSPS) is 14.5. The minimum absolute atomic E-state index is 0.0579. The summed E-state index contributed by atoms with van der Waals surface area (Å²) < 4.78 is 77.7. The molecule has 0 saturated heterocycles. The van der Waals surface area contributed by atoms with E-state index in [0.717, 1.165) is 32.4 Å². The van der Waals surface area contributed by atoms with Crippen molar-refractivity contribution in [1.82, 2.24) is 0 Å². The summed E-state index contributed by atoms with van der Waals surface area (Å²) in [5.74, 6) is 0.00285. The molecule has 254 valence electrons. The van der Waals surface area contributed by atoms with Crippen LogP contribution in [0.1, 0.15) is 31.2 Å². The van der Waals surface area contributed by atoms with E-state index < -0.39 is 31.7 Å². The first-order valence-electron chi connectivity index (χ1n) is 15.3. The lowest BCUT2D eigenvalue weighted by Crippen LogP contribution is -2.36. The van der Waals surface area contributed by atoms with Crippen LogP contribution in [0.25, 0.3) is 38.4 Å². The number of hydrogen-bond donors (Lipinski definition) is 0. The van der Waals surface area contributed by atoms with Crippen molar-refractivity contribution in [3.63, 3.8) is 0 Å². The van der Waals surface area contributed by atoms with E-state index in [4.69, 9.17) is 16.0 Å². The molecule has 0 spiro atoms. The highest BCUT2D eigenvalue weighted by molar-refractivity contribution is 7.85. The number of thiophene rings is 1. The van der Waals surface area contributed by atoms with Crippen LogP contribution in [0.3, 0.4) is 0 Å². The number of fused-ring (bicyclic) bond motifs is 3. The molecule has 0 atom stereocenters. The van der Waals surface area contributed by atoms with Gasteiger partial charge in [0.1, 0.15) is 11.9 Å². The maximum atomic E-state index is 11.4. The van der Waals surface area contributed by atoms with Gasteiger partial charge in [-0.05, 0) is 60.7 Å². The number of aryl methyl sites for hydroxylation is 1. The van der Waals surface area contributed by atoms with Crippen molar-refractivity contribution in [2.75, 3.05) is 34.4 Å². The molecule has 0 unspecified atom stereocenters. The van der Waals surface area contributed by atoms with Crippen LogP contribution in [0.5, 0.6) is 0 Å². The van der Waals surface area contributed by atoms with Gasteiger partial charge in [0.15, 0.2) is 6.54 Å². The zero-order chi connectivity index (χ0) is 34.9. The fraction of sp³-hybridized carbons (Fsp3) is 0.235. The molecule has 1 aliphatic heterocycles. The van der Waals surface area contributed by atoms with Crippen molar-refractivity contribution in [2.24, 2.45) is 0 Å². The minimum atomic E-state index is -4.43. The van der Waals surface area contributed by atoms with Crippen LogP contribution in [0.4, 0.5) is 11.4 Å². The van der Waals surface area contributed by atoms with Crippen molar-refractivity contribution >= 4 is 81.8 Å². The van der Waals surface area contributed by atoms with Crippen molar-refractivity contribution in [3.8, 4) is 17.2 Å². The number of allylic oxidation sites excluding steroid dienone is 2. The van der Waals surface area contributed by atoms with Gasteiger partial charge in [-0.3, -0.25) is 0 Å². The van der Waals surface area contributed by atoms with Gasteiger partial charge in [-0.25, -0.2) is 16.8 Å². The molecule has 2 aromatic heterocycles. The van der Waals surface area contributed by atoms with E-state index in [1.54, 1.807) is 41.7 Å². The third kappa shape index (κ3) is 7.52. The van der Waals surface area contributed by atoms with E-state index in [0.29, 0.717) is 29.5 Å². The predicted molar refractivity (Wildman–Crippen MR) is 189 cm³/mol. The van der Waals surface area contributed by atoms with Gasteiger partial charge in [-0.2, -0.15) is 9.83 Å². The lowest BCUT2D eigenvalue weighted by Gasteiger charge is -2.24. The van der Waals surface area contributed by atoms with Gasteiger partial charge in [0, 0.05) is 52.7 Å². The molecule has 0 N–H and O–H groups in total. The summed E-state index contributed by atoms with van der Waals surface area (Å²) in [6.45, 7) is 2.84. The number of nitriles is 1. The Morgan fingerprint density at radius 1 is 1.00 bits per heavy atom. The molecular weight excluding hydrogens is 708 g/mol. The van der Waals surface area contributed by atoms with Crippen LogP contribution < -0.4 is 14.4 Å². The number of halogens is 1. The topological polar surface area (TPSA) is 162 Å². The Hall–Kier alpha value is -4.23. The van der Waals surface area contributed by atoms with Crippen LogP contribution in [0.15, 0.2) is 82.4 Å². The second-order valence-electron chi connectivity index (χ2n) is 11.4. The monoisotopic (exact) mass is 737 g/mol. The molecule has 6 rings (SSSR count). The lowest BCUT2D eigenvalue weighted by molar-refractivity contribution is -0.677. The Morgan fingerprint density at radius 3 is 2.47 bits per heavy atom. The fourth-order valence-corrected chi connectivity index (χ4v) is 8.18. The summed E-state index contributed by atoms with van der Waals surface area (Å²) in [7, 11) is -8.86. The molecule has 0 fully saturated rings. The van der Waals surface area contributed by atoms with E-state index in [1.807, 2.05) is 51.6 Å². The summed E-state index contributed by atoms with van der Waals surface area (Å²) >= 11 is 8.02. The molecule has 15 heteroatoms. The molecule has 0 radical (unpaired) electrons. The van der Waals surface area contributed by atoms with Crippen LogP contribution in [-0.2, 0) is 26.8 Å². The maximum Gasteiger partial charge on any atom is 0.374 e. The van der Waals surface area contributed by atoms with Gasteiger partial charge in [0.05, 0.1) is 48.3 Å². The Bertz CT molecular complexity index is 2390. The Balaban J connectivity index is 1.40. The first kappa shape index (κ1) is 34.6. The highest BCUT2D eigenvalue weighted by Crippen LogP contribution is 2.44. The molecule has 0 aliphatic carbocycles.